The summed E-state index contributed by atoms with van der Waals surface area (Å²) in [6.45, 7) is 13.2. The highest BCUT2D eigenvalue weighted by Gasteiger charge is 2.34. The predicted molar refractivity (Wildman–Crippen MR) is 129 cm³/mol. The topological polar surface area (TPSA) is 60.0 Å². The minimum Gasteiger partial charge on any atom is -0.461 e. The van der Waals surface area contributed by atoms with E-state index in [2.05, 4.69) is 57.7 Å². The first-order valence-corrected chi connectivity index (χ1v) is 11.4. The van der Waals surface area contributed by atoms with Gasteiger partial charge in [0.15, 0.2) is 0 Å². The minimum absolute atomic E-state index is 0.0981. The molecule has 1 aromatic rings. The van der Waals surface area contributed by atoms with Crippen molar-refractivity contribution < 1.29 is 4.74 Å². The molecule has 0 bridgehead atoms. The minimum atomic E-state index is -0.238. The lowest BCUT2D eigenvalue weighted by Gasteiger charge is -2.44. The molecule has 3 heterocycles. The van der Waals surface area contributed by atoms with Gasteiger partial charge < -0.3 is 9.64 Å². The van der Waals surface area contributed by atoms with Gasteiger partial charge in [0.1, 0.15) is 29.2 Å². The van der Waals surface area contributed by atoms with Gasteiger partial charge in [0.2, 0.25) is 0 Å². The third-order valence-corrected chi connectivity index (χ3v) is 6.64. The summed E-state index contributed by atoms with van der Waals surface area (Å²) >= 11 is 0. The zero-order chi connectivity index (χ0) is 23.1. The quantitative estimate of drug-likeness (QED) is 0.520. The Labute approximate surface area is 191 Å². The Kier molecular flexibility index (Phi) is 5.51. The molecule has 0 radical (unpaired) electrons. The van der Waals surface area contributed by atoms with Gasteiger partial charge in [-0.1, -0.05) is 40.7 Å². The monoisotopic (exact) mass is 425 g/mol. The highest BCUT2D eigenvalue weighted by atomic mass is 16.5. The van der Waals surface area contributed by atoms with Crippen molar-refractivity contribution in [1.29, 1.82) is 10.5 Å². The first kappa shape index (κ1) is 22.0. The van der Waals surface area contributed by atoms with E-state index in [0.29, 0.717) is 11.3 Å². The molecule has 4 heteroatoms. The number of hydrogen-bond donors (Lipinski definition) is 0. The molecule has 3 aliphatic heterocycles. The van der Waals surface area contributed by atoms with Gasteiger partial charge in [0.05, 0.1) is 0 Å². The summed E-state index contributed by atoms with van der Waals surface area (Å²) in [4.78, 5) is 2.56. The number of nitriles is 2. The Hall–Kier alpha value is -3.24. The number of aryl methyl sites for hydroxylation is 1. The summed E-state index contributed by atoms with van der Waals surface area (Å²) in [5.41, 5.74) is 6.11. The maximum absolute atomic E-state index is 9.36. The second kappa shape index (κ2) is 8.03. The first-order valence-electron chi connectivity index (χ1n) is 11.4. The standard InChI is InChI=1S/C28H31N3O/c1-27(2,3)25-16-21(22(17-29)18-30)15-23(32-25)9-8-19-13-20-7-6-11-31-12-10-28(4,5)24(14-19)26(20)31/h8-9,13-16H,6-7,10-12H2,1-5H3/b9-8+. The van der Waals surface area contributed by atoms with Crippen molar-refractivity contribution in [1.82, 2.24) is 0 Å². The third kappa shape index (κ3) is 4.11. The van der Waals surface area contributed by atoms with E-state index in [1.807, 2.05) is 18.2 Å². The number of allylic oxidation sites excluding steroid dienone is 6. The van der Waals surface area contributed by atoms with Crippen LogP contribution in [0.25, 0.3) is 6.08 Å². The maximum Gasteiger partial charge on any atom is 0.137 e. The molecule has 0 amide bonds. The van der Waals surface area contributed by atoms with Gasteiger partial charge in [-0.3, -0.25) is 0 Å². The van der Waals surface area contributed by atoms with Crippen molar-refractivity contribution in [2.24, 2.45) is 5.41 Å². The van der Waals surface area contributed by atoms with Gasteiger partial charge in [-0.2, -0.15) is 10.5 Å². The highest BCUT2D eigenvalue weighted by molar-refractivity contribution is 5.70. The van der Waals surface area contributed by atoms with Gasteiger partial charge in [-0.15, -0.1) is 0 Å². The first-order chi connectivity index (χ1) is 15.1. The van der Waals surface area contributed by atoms with E-state index >= 15 is 0 Å². The lowest BCUT2D eigenvalue weighted by Crippen LogP contribution is -2.40. The van der Waals surface area contributed by atoms with Crippen molar-refractivity contribution >= 4 is 11.8 Å². The lowest BCUT2D eigenvalue weighted by atomic mass is 9.74. The summed E-state index contributed by atoms with van der Waals surface area (Å²) in [5, 5.41) is 18.7. The van der Waals surface area contributed by atoms with Crippen molar-refractivity contribution in [2.75, 3.05) is 18.0 Å². The zero-order valence-corrected chi connectivity index (χ0v) is 19.7. The number of nitrogens with zero attached hydrogens (tertiary/aromatic N) is 3. The molecule has 0 N–H and O–H groups in total. The summed E-state index contributed by atoms with van der Waals surface area (Å²) in [6, 6.07) is 8.63. The van der Waals surface area contributed by atoms with Crippen molar-refractivity contribution in [3.63, 3.8) is 0 Å². The average Bonchev–Trinajstić information content (AvgIpc) is 2.75. The van der Waals surface area contributed by atoms with Gasteiger partial charge in [-0.25, -0.2) is 0 Å². The summed E-state index contributed by atoms with van der Waals surface area (Å²) in [5.74, 6) is 1.39. The molecule has 0 atom stereocenters. The van der Waals surface area contributed by atoms with Crippen LogP contribution in [0.2, 0.25) is 0 Å². The molecule has 0 aliphatic carbocycles. The van der Waals surface area contributed by atoms with E-state index in [0.717, 1.165) is 25.3 Å². The third-order valence-electron chi connectivity index (χ3n) is 6.64. The summed E-state index contributed by atoms with van der Waals surface area (Å²) in [6.07, 6.45) is 11.1. The zero-order valence-electron chi connectivity index (χ0n) is 19.7. The molecule has 32 heavy (non-hydrogen) atoms. The molecule has 0 unspecified atom stereocenters. The van der Waals surface area contributed by atoms with E-state index in [1.165, 1.54) is 35.2 Å². The fourth-order valence-corrected chi connectivity index (χ4v) is 4.69. The Bertz CT molecular complexity index is 1140. The van der Waals surface area contributed by atoms with Gasteiger partial charge in [0, 0.05) is 29.8 Å². The molecular formula is C28H31N3O. The Balaban J connectivity index is 1.73. The largest absolute Gasteiger partial charge is 0.461 e. The fourth-order valence-electron chi connectivity index (χ4n) is 4.69. The molecule has 3 aliphatic rings. The molecular weight excluding hydrogens is 394 g/mol. The highest BCUT2D eigenvalue weighted by Crippen LogP contribution is 2.44. The average molecular weight is 426 g/mol. The van der Waals surface area contributed by atoms with E-state index in [9.17, 15) is 10.5 Å². The smallest absolute Gasteiger partial charge is 0.137 e. The Morgan fingerprint density at radius 1 is 1.09 bits per heavy atom. The summed E-state index contributed by atoms with van der Waals surface area (Å²) in [7, 11) is 0. The lowest BCUT2D eigenvalue weighted by molar-refractivity contribution is 0.223. The second-order valence-corrected chi connectivity index (χ2v) is 10.6. The molecule has 164 valence electrons. The van der Waals surface area contributed by atoms with E-state index in [-0.39, 0.29) is 16.4 Å². The van der Waals surface area contributed by atoms with E-state index < -0.39 is 0 Å². The molecule has 0 saturated heterocycles. The molecule has 0 fully saturated rings. The maximum atomic E-state index is 9.36. The Morgan fingerprint density at radius 3 is 2.53 bits per heavy atom. The SMILES string of the molecule is CC(C)(C)C1=CC(=C(C#N)C#N)C=C(/C=C/c2cc3c4c(c2)C(C)(C)CCN4CCC3)O1. The summed E-state index contributed by atoms with van der Waals surface area (Å²) < 4.78 is 6.15. The van der Waals surface area contributed by atoms with Crippen molar-refractivity contribution in [2.45, 2.75) is 59.3 Å². The van der Waals surface area contributed by atoms with E-state index in [4.69, 9.17) is 4.74 Å². The van der Waals surface area contributed by atoms with Crippen LogP contribution in [0.1, 0.15) is 64.2 Å². The number of ether oxygens (including phenoxy) is 1. The normalized spacial score (nSPS) is 19.3. The van der Waals surface area contributed by atoms with Crippen molar-refractivity contribution in [3.8, 4) is 12.1 Å². The molecule has 0 spiro atoms. The van der Waals surface area contributed by atoms with Crippen LogP contribution >= 0.6 is 0 Å². The molecule has 1 aromatic carbocycles. The van der Waals surface area contributed by atoms with Crippen LogP contribution in [0.3, 0.4) is 0 Å². The van der Waals surface area contributed by atoms with Gasteiger partial charge in [0.25, 0.3) is 0 Å². The van der Waals surface area contributed by atoms with Crippen LogP contribution in [0.15, 0.2) is 53.0 Å². The van der Waals surface area contributed by atoms with Crippen LogP contribution in [0.5, 0.6) is 0 Å². The molecule has 0 saturated carbocycles. The molecule has 4 rings (SSSR count). The van der Waals surface area contributed by atoms with Gasteiger partial charge in [-0.05, 0) is 71.7 Å². The van der Waals surface area contributed by atoms with E-state index in [1.54, 1.807) is 12.2 Å². The van der Waals surface area contributed by atoms with Crippen LogP contribution in [0.4, 0.5) is 5.69 Å². The predicted octanol–water partition coefficient (Wildman–Crippen LogP) is 6.32. The number of rotatable bonds is 2. The second-order valence-electron chi connectivity index (χ2n) is 10.6. The number of hydrogen-bond acceptors (Lipinski definition) is 4. The van der Waals surface area contributed by atoms with Crippen LogP contribution in [-0.2, 0) is 16.6 Å². The molecule has 4 nitrogen and oxygen atoms in total. The van der Waals surface area contributed by atoms with Crippen LogP contribution in [0, 0.1) is 28.1 Å². The van der Waals surface area contributed by atoms with Crippen LogP contribution in [-0.4, -0.2) is 13.1 Å². The fraction of sp³-hybridized carbons (Fsp3) is 0.429. The number of anilines is 1. The Morgan fingerprint density at radius 2 is 1.84 bits per heavy atom. The van der Waals surface area contributed by atoms with Gasteiger partial charge >= 0.3 is 0 Å². The molecule has 0 aromatic heterocycles. The van der Waals surface area contributed by atoms with Crippen LogP contribution < -0.4 is 4.90 Å². The number of benzene rings is 1. The van der Waals surface area contributed by atoms with Crippen molar-refractivity contribution in [3.05, 3.63) is 69.7 Å².